The smallest absolute Gasteiger partial charge is 0.162 e. The molecule has 1 fully saturated rings. The fraction of sp³-hybridized carbons (Fsp3) is 0.571. The van der Waals surface area contributed by atoms with Crippen LogP contribution in [-0.4, -0.2) is 26.4 Å². The first-order valence-electron chi connectivity index (χ1n) is 6.56. The van der Waals surface area contributed by atoms with Gasteiger partial charge >= 0.3 is 0 Å². The molecular formula is C14H16Cl2O3. The Kier molecular flexibility index (Phi) is 4.06. The van der Waals surface area contributed by atoms with Gasteiger partial charge in [-0.2, -0.15) is 0 Å². The van der Waals surface area contributed by atoms with Crippen LogP contribution in [0.15, 0.2) is 12.1 Å². The molecular weight excluding hydrogens is 287 g/mol. The molecule has 0 saturated carbocycles. The Hall–Kier alpha value is -0.640. The van der Waals surface area contributed by atoms with Crippen molar-refractivity contribution in [3.8, 4) is 11.5 Å². The molecule has 5 heteroatoms. The predicted molar refractivity (Wildman–Crippen MR) is 74.6 cm³/mol. The van der Waals surface area contributed by atoms with E-state index in [1.165, 1.54) is 0 Å². The zero-order chi connectivity index (χ0) is 13.2. The topological polar surface area (TPSA) is 27.7 Å². The zero-order valence-electron chi connectivity index (χ0n) is 10.5. The Morgan fingerprint density at radius 1 is 1.11 bits per heavy atom. The lowest BCUT2D eigenvalue weighted by atomic mass is 9.97. The summed E-state index contributed by atoms with van der Waals surface area (Å²) in [5.41, 5.74) is 0.906. The minimum atomic E-state index is -0.146. The molecule has 2 aliphatic heterocycles. The van der Waals surface area contributed by atoms with Gasteiger partial charge in [0.25, 0.3) is 0 Å². The molecule has 0 bridgehead atoms. The van der Waals surface area contributed by atoms with Crippen molar-refractivity contribution in [1.82, 2.24) is 0 Å². The number of hydrogen-bond acceptors (Lipinski definition) is 3. The van der Waals surface area contributed by atoms with Crippen molar-refractivity contribution in [3.63, 3.8) is 0 Å². The van der Waals surface area contributed by atoms with E-state index in [1.807, 2.05) is 12.1 Å². The molecule has 104 valence electrons. The van der Waals surface area contributed by atoms with E-state index < -0.39 is 0 Å². The van der Waals surface area contributed by atoms with Crippen molar-refractivity contribution in [1.29, 1.82) is 0 Å². The summed E-state index contributed by atoms with van der Waals surface area (Å²) < 4.78 is 16.7. The highest BCUT2D eigenvalue weighted by molar-refractivity contribution is 6.33. The summed E-state index contributed by atoms with van der Waals surface area (Å²) in [6, 6.07) is 3.72. The molecule has 2 unspecified atom stereocenters. The van der Waals surface area contributed by atoms with Crippen LogP contribution in [0.5, 0.6) is 11.5 Å². The second-order valence-electron chi connectivity index (χ2n) is 4.90. The van der Waals surface area contributed by atoms with E-state index in [2.05, 4.69) is 0 Å². The van der Waals surface area contributed by atoms with Gasteiger partial charge in [-0.05, 0) is 18.1 Å². The normalized spacial score (nSPS) is 24.0. The molecule has 2 heterocycles. The molecule has 0 spiro atoms. The molecule has 1 aromatic rings. The highest BCUT2D eigenvalue weighted by atomic mass is 35.5. The van der Waals surface area contributed by atoms with Gasteiger partial charge in [0.2, 0.25) is 0 Å². The molecule has 0 N–H and O–H groups in total. The van der Waals surface area contributed by atoms with Gasteiger partial charge in [-0.25, -0.2) is 0 Å². The molecule has 1 aromatic carbocycles. The molecule has 0 aromatic heterocycles. The summed E-state index contributed by atoms with van der Waals surface area (Å²) in [6.07, 6.45) is 1.85. The first kappa shape index (κ1) is 13.3. The van der Waals surface area contributed by atoms with Crippen LogP contribution in [0.4, 0.5) is 0 Å². The van der Waals surface area contributed by atoms with Gasteiger partial charge in [0.05, 0.1) is 25.2 Å². The summed E-state index contributed by atoms with van der Waals surface area (Å²) in [5, 5.41) is 0.489. The molecule has 19 heavy (non-hydrogen) atoms. The Labute approximate surface area is 122 Å². The van der Waals surface area contributed by atoms with Crippen molar-refractivity contribution < 1.29 is 14.2 Å². The van der Waals surface area contributed by atoms with E-state index in [4.69, 9.17) is 37.4 Å². The van der Waals surface area contributed by atoms with Crippen molar-refractivity contribution in [2.75, 3.05) is 26.4 Å². The lowest BCUT2D eigenvalue weighted by Gasteiger charge is -2.19. The lowest BCUT2D eigenvalue weighted by Crippen LogP contribution is -2.08. The number of hydrogen-bond donors (Lipinski definition) is 0. The Bertz CT molecular complexity index is 458. The van der Waals surface area contributed by atoms with Gasteiger partial charge in [-0.3, -0.25) is 0 Å². The average Bonchev–Trinajstić information content (AvgIpc) is 2.84. The quantitative estimate of drug-likeness (QED) is 0.777. The summed E-state index contributed by atoms with van der Waals surface area (Å²) in [6.45, 7) is 2.78. The van der Waals surface area contributed by atoms with Gasteiger partial charge < -0.3 is 14.2 Å². The van der Waals surface area contributed by atoms with Gasteiger partial charge in [0.1, 0.15) is 0 Å². The van der Waals surface area contributed by atoms with Gasteiger partial charge in [-0.1, -0.05) is 11.6 Å². The fourth-order valence-corrected chi connectivity index (χ4v) is 3.15. The minimum Gasteiger partial charge on any atom is -0.490 e. The van der Waals surface area contributed by atoms with E-state index in [0.29, 0.717) is 36.5 Å². The zero-order valence-corrected chi connectivity index (χ0v) is 12.0. The number of rotatable bonds is 2. The first-order valence-corrected chi connectivity index (χ1v) is 7.38. The molecule has 0 aliphatic carbocycles. The third-order valence-electron chi connectivity index (χ3n) is 3.54. The number of benzene rings is 1. The largest absolute Gasteiger partial charge is 0.490 e. The highest BCUT2D eigenvalue weighted by Gasteiger charge is 2.28. The molecule has 2 aliphatic rings. The summed E-state index contributed by atoms with van der Waals surface area (Å²) in [4.78, 5) is 0. The van der Waals surface area contributed by atoms with Gasteiger partial charge in [0.15, 0.2) is 11.5 Å². The second kappa shape index (κ2) is 5.78. The monoisotopic (exact) mass is 302 g/mol. The second-order valence-corrected chi connectivity index (χ2v) is 5.77. The van der Waals surface area contributed by atoms with E-state index in [-0.39, 0.29) is 5.38 Å². The Balaban J connectivity index is 1.90. The maximum atomic E-state index is 6.54. The summed E-state index contributed by atoms with van der Waals surface area (Å²) in [5.74, 6) is 1.75. The highest BCUT2D eigenvalue weighted by Crippen LogP contribution is 2.43. The van der Waals surface area contributed by atoms with Crippen molar-refractivity contribution in [2.45, 2.75) is 18.2 Å². The van der Waals surface area contributed by atoms with E-state index >= 15 is 0 Å². The summed E-state index contributed by atoms with van der Waals surface area (Å²) >= 11 is 12.9. The van der Waals surface area contributed by atoms with E-state index in [1.54, 1.807) is 0 Å². The van der Waals surface area contributed by atoms with Crippen LogP contribution in [0.25, 0.3) is 0 Å². The third-order valence-corrected chi connectivity index (χ3v) is 4.46. The number of alkyl halides is 1. The van der Waals surface area contributed by atoms with Gasteiger partial charge in [0, 0.05) is 30.0 Å². The van der Waals surface area contributed by atoms with E-state index in [0.717, 1.165) is 30.8 Å². The molecule has 1 saturated heterocycles. The maximum absolute atomic E-state index is 6.54. The third kappa shape index (κ3) is 2.78. The molecule has 3 rings (SSSR count). The number of ether oxygens (including phenoxy) is 3. The van der Waals surface area contributed by atoms with Crippen LogP contribution >= 0.6 is 23.2 Å². The molecule has 2 atom stereocenters. The van der Waals surface area contributed by atoms with Crippen LogP contribution in [-0.2, 0) is 4.74 Å². The van der Waals surface area contributed by atoms with E-state index in [9.17, 15) is 0 Å². The van der Waals surface area contributed by atoms with Crippen LogP contribution in [0.1, 0.15) is 23.8 Å². The standard InChI is InChI=1S/C14H16Cl2O3/c15-11-7-13-12(18-3-1-4-19-13)6-10(11)14(16)9-2-5-17-8-9/h6-7,9,14H,1-5,8H2. The number of fused-ring (bicyclic) bond motifs is 1. The fourth-order valence-electron chi connectivity index (χ4n) is 2.45. The van der Waals surface area contributed by atoms with Crippen LogP contribution in [0, 0.1) is 5.92 Å². The Morgan fingerprint density at radius 3 is 2.53 bits per heavy atom. The first-order chi connectivity index (χ1) is 9.25. The van der Waals surface area contributed by atoms with Gasteiger partial charge in [-0.15, -0.1) is 11.6 Å². The SMILES string of the molecule is Clc1cc2c(cc1C(Cl)C1CCOC1)OCCCO2. The number of halogens is 2. The van der Waals surface area contributed by atoms with Crippen LogP contribution in [0.2, 0.25) is 5.02 Å². The van der Waals surface area contributed by atoms with Crippen LogP contribution in [0.3, 0.4) is 0 Å². The van der Waals surface area contributed by atoms with Crippen molar-refractivity contribution >= 4 is 23.2 Å². The molecule has 0 amide bonds. The average molecular weight is 303 g/mol. The molecule has 3 nitrogen and oxygen atoms in total. The Morgan fingerprint density at radius 2 is 1.84 bits per heavy atom. The van der Waals surface area contributed by atoms with Crippen molar-refractivity contribution in [3.05, 3.63) is 22.7 Å². The predicted octanol–water partition coefficient (Wildman–Crippen LogP) is 3.82. The summed E-state index contributed by atoms with van der Waals surface area (Å²) in [7, 11) is 0. The van der Waals surface area contributed by atoms with Crippen LogP contribution < -0.4 is 9.47 Å². The maximum Gasteiger partial charge on any atom is 0.162 e. The lowest BCUT2D eigenvalue weighted by molar-refractivity contribution is 0.185. The van der Waals surface area contributed by atoms with Crippen molar-refractivity contribution in [2.24, 2.45) is 5.92 Å². The minimum absolute atomic E-state index is 0.146. The molecule has 0 radical (unpaired) electrons.